The van der Waals surface area contributed by atoms with E-state index in [0.717, 1.165) is 16.7 Å². The fraction of sp³-hybridized carbons (Fsp3) is 0.0952. The lowest BCUT2D eigenvalue weighted by molar-refractivity contribution is 0.137. The van der Waals surface area contributed by atoms with Crippen LogP contribution in [0.1, 0.15) is 22.7 Å². The Balaban J connectivity index is 1.73. The first-order valence-corrected chi connectivity index (χ1v) is 8.03. The SMILES string of the molecule is O=C(N[C@@H](c1ccccc1)c1ccc(O)cc1)OCc1ccccc1. The van der Waals surface area contributed by atoms with Gasteiger partial charge in [0.25, 0.3) is 0 Å². The summed E-state index contributed by atoms with van der Waals surface area (Å²) in [5.41, 5.74) is 2.73. The maximum atomic E-state index is 12.3. The van der Waals surface area contributed by atoms with Crippen LogP contribution >= 0.6 is 0 Å². The molecule has 0 aliphatic carbocycles. The van der Waals surface area contributed by atoms with Gasteiger partial charge in [-0.2, -0.15) is 0 Å². The van der Waals surface area contributed by atoms with Crippen LogP contribution in [0.4, 0.5) is 4.79 Å². The predicted molar refractivity (Wildman–Crippen MR) is 96.2 cm³/mol. The Hall–Kier alpha value is -3.27. The number of hydrogen-bond donors (Lipinski definition) is 2. The molecule has 0 aliphatic heterocycles. The van der Waals surface area contributed by atoms with Gasteiger partial charge in [-0.1, -0.05) is 72.8 Å². The zero-order chi connectivity index (χ0) is 17.5. The summed E-state index contributed by atoms with van der Waals surface area (Å²) >= 11 is 0. The van der Waals surface area contributed by atoms with E-state index in [0.29, 0.717) is 0 Å². The van der Waals surface area contributed by atoms with Crippen LogP contribution in [0.2, 0.25) is 0 Å². The Labute approximate surface area is 146 Å². The van der Waals surface area contributed by atoms with Gasteiger partial charge in [0, 0.05) is 0 Å². The van der Waals surface area contributed by atoms with Crippen molar-refractivity contribution >= 4 is 6.09 Å². The monoisotopic (exact) mass is 333 g/mol. The molecule has 0 saturated heterocycles. The molecule has 2 N–H and O–H groups in total. The van der Waals surface area contributed by atoms with Crippen LogP contribution in [-0.2, 0) is 11.3 Å². The van der Waals surface area contributed by atoms with Gasteiger partial charge in [0.1, 0.15) is 12.4 Å². The number of benzene rings is 3. The van der Waals surface area contributed by atoms with Crippen molar-refractivity contribution in [2.45, 2.75) is 12.6 Å². The van der Waals surface area contributed by atoms with Crippen LogP contribution < -0.4 is 5.32 Å². The average molecular weight is 333 g/mol. The molecule has 0 unspecified atom stereocenters. The Kier molecular flexibility index (Phi) is 5.32. The highest BCUT2D eigenvalue weighted by molar-refractivity contribution is 5.68. The van der Waals surface area contributed by atoms with Crippen LogP contribution in [0.15, 0.2) is 84.9 Å². The number of alkyl carbamates (subject to hydrolysis) is 1. The molecule has 0 aromatic heterocycles. The van der Waals surface area contributed by atoms with Gasteiger partial charge in [-0.25, -0.2) is 4.79 Å². The number of nitrogens with one attached hydrogen (secondary N) is 1. The highest BCUT2D eigenvalue weighted by Gasteiger charge is 2.17. The van der Waals surface area contributed by atoms with E-state index >= 15 is 0 Å². The van der Waals surface area contributed by atoms with Crippen LogP contribution in [0.5, 0.6) is 5.75 Å². The average Bonchev–Trinajstić information content (AvgIpc) is 2.67. The fourth-order valence-corrected chi connectivity index (χ4v) is 2.55. The third-order valence-electron chi connectivity index (χ3n) is 3.83. The van der Waals surface area contributed by atoms with Gasteiger partial charge in [0.15, 0.2) is 0 Å². The quantitative estimate of drug-likeness (QED) is 0.727. The van der Waals surface area contributed by atoms with E-state index in [1.54, 1.807) is 24.3 Å². The Bertz CT molecular complexity index is 802. The number of phenols is 1. The first kappa shape index (κ1) is 16.6. The zero-order valence-electron chi connectivity index (χ0n) is 13.6. The van der Waals surface area contributed by atoms with Crippen molar-refractivity contribution in [2.24, 2.45) is 0 Å². The molecule has 0 spiro atoms. The van der Waals surface area contributed by atoms with E-state index in [4.69, 9.17) is 4.74 Å². The second-order valence-corrected chi connectivity index (χ2v) is 5.64. The van der Waals surface area contributed by atoms with Crippen molar-refractivity contribution < 1.29 is 14.6 Å². The van der Waals surface area contributed by atoms with Crippen molar-refractivity contribution in [3.63, 3.8) is 0 Å². The van der Waals surface area contributed by atoms with Crippen molar-refractivity contribution in [1.29, 1.82) is 0 Å². The fourth-order valence-electron chi connectivity index (χ4n) is 2.55. The number of hydrogen-bond acceptors (Lipinski definition) is 3. The van der Waals surface area contributed by atoms with E-state index < -0.39 is 6.09 Å². The van der Waals surface area contributed by atoms with Gasteiger partial charge in [0.05, 0.1) is 6.04 Å². The van der Waals surface area contributed by atoms with E-state index in [-0.39, 0.29) is 18.4 Å². The molecule has 3 aromatic rings. The van der Waals surface area contributed by atoms with E-state index in [9.17, 15) is 9.90 Å². The van der Waals surface area contributed by atoms with Crippen molar-refractivity contribution in [2.75, 3.05) is 0 Å². The lowest BCUT2D eigenvalue weighted by Gasteiger charge is -2.19. The summed E-state index contributed by atoms with van der Waals surface area (Å²) < 4.78 is 5.33. The number of carbonyl (C=O) groups excluding carboxylic acids is 1. The summed E-state index contributed by atoms with van der Waals surface area (Å²) in [6.07, 6.45) is -0.495. The third kappa shape index (κ3) is 4.61. The third-order valence-corrected chi connectivity index (χ3v) is 3.83. The molecule has 0 heterocycles. The summed E-state index contributed by atoms with van der Waals surface area (Å²) in [7, 11) is 0. The van der Waals surface area contributed by atoms with Gasteiger partial charge in [-0.15, -0.1) is 0 Å². The smallest absolute Gasteiger partial charge is 0.408 e. The summed E-state index contributed by atoms with van der Waals surface area (Å²) in [6.45, 7) is 0.212. The minimum atomic E-state index is -0.495. The molecular weight excluding hydrogens is 314 g/mol. The van der Waals surface area contributed by atoms with Gasteiger partial charge >= 0.3 is 6.09 Å². The van der Waals surface area contributed by atoms with Gasteiger partial charge in [0.2, 0.25) is 0 Å². The second kappa shape index (κ2) is 8.02. The molecule has 0 aliphatic rings. The lowest BCUT2D eigenvalue weighted by Crippen LogP contribution is -2.29. The van der Waals surface area contributed by atoms with Crippen LogP contribution in [0.25, 0.3) is 0 Å². The summed E-state index contributed by atoms with van der Waals surface area (Å²) in [5, 5.41) is 12.4. The molecule has 3 rings (SSSR count). The Morgan fingerprint density at radius 3 is 2.04 bits per heavy atom. The number of ether oxygens (including phenoxy) is 1. The molecule has 0 radical (unpaired) electrons. The van der Waals surface area contributed by atoms with Gasteiger partial charge in [-0.3, -0.25) is 0 Å². The number of carbonyl (C=O) groups is 1. The topological polar surface area (TPSA) is 58.6 Å². The predicted octanol–water partition coefficient (Wildman–Crippen LogP) is 4.41. The van der Waals surface area contributed by atoms with Gasteiger partial charge < -0.3 is 15.2 Å². The molecule has 126 valence electrons. The maximum Gasteiger partial charge on any atom is 0.408 e. The van der Waals surface area contributed by atoms with E-state index in [1.807, 2.05) is 60.7 Å². The molecule has 4 nitrogen and oxygen atoms in total. The number of aromatic hydroxyl groups is 1. The minimum Gasteiger partial charge on any atom is -0.508 e. The van der Waals surface area contributed by atoms with E-state index in [2.05, 4.69) is 5.32 Å². The summed E-state index contributed by atoms with van der Waals surface area (Å²) in [6, 6.07) is 25.6. The standard InChI is InChI=1S/C21H19NO3/c23-19-13-11-18(12-14-19)20(17-9-5-2-6-10-17)22-21(24)25-15-16-7-3-1-4-8-16/h1-14,20,23H,15H2,(H,22,24)/t20-/m0/s1. The first-order valence-electron chi connectivity index (χ1n) is 8.03. The zero-order valence-corrected chi connectivity index (χ0v) is 13.6. The number of rotatable bonds is 5. The minimum absolute atomic E-state index is 0.183. The Morgan fingerprint density at radius 1 is 0.840 bits per heavy atom. The second-order valence-electron chi connectivity index (χ2n) is 5.64. The molecule has 1 atom stereocenters. The molecule has 25 heavy (non-hydrogen) atoms. The molecule has 3 aromatic carbocycles. The number of phenolic OH excluding ortho intramolecular Hbond substituents is 1. The normalized spacial score (nSPS) is 11.5. The van der Waals surface area contributed by atoms with Crippen molar-refractivity contribution in [3.05, 3.63) is 102 Å². The molecule has 0 bridgehead atoms. The maximum absolute atomic E-state index is 12.3. The lowest BCUT2D eigenvalue weighted by atomic mass is 9.99. The van der Waals surface area contributed by atoms with Crippen molar-refractivity contribution in [3.8, 4) is 5.75 Å². The molecule has 0 fully saturated rings. The number of amides is 1. The highest BCUT2D eigenvalue weighted by Crippen LogP contribution is 2.24. The first-order chi connectivity index (χ1) is 12.2. The van der Waals surface area contributed by atoms with E-state index in [1.165, 1.54) is 0 Å². The summed E-state index contributed by atoms with van der Waals surface area (Å²) in [5.74, 6) is 0.183. The van der Waals surface area contributed by atoms with Crippen molar-refractivity contribution in [1.82, 2.24) is 5.32 Å². The largest absolute Gasteiger partial charge is 0.508 e. The van der Waals surface area contributed by atoms with Gasteiger partial charge in [-0.05, 0) is 28.8 Å². The molecular formula is C21H19NO3. The Morgan fingerprint density at radius 2 is 1.40 bits per heavy atom. The van der Waals surface area contributed by atoms with Crippen LogP contribution in [0, 0.1) is 0 Å². The molecule has 1 amide bonds. The molecule has 4 heteroatoms. The molecule has 0 saturated carbocycles. The van der Waals surface area contributed by atoms with Crippen LogP contribution in [0.3, 0.4) is 0 Å². The summed E-state index contributed by atoms with van der Waals surface area (Å²) in [4.78, 5) is 12.3. The highest BCUT2D eigenvalue weighted by atomic mass is 16.5. The van der Waals surface area contributed by atoms with Crippen LogP contribution in [-0.4, -0.2) is 11.2 Å².